The van der Waals surface area contributed by atoms with Gasteiger partial charge in [-0.3, -0.25) is 9.59 Å². The van der Waals surface area contributed by atoms with E-state index in [1.165, 1.54) is 6.07 Å². The number of amides is 2. The summed E-state index contributed by atoms with van der Waals surface area (Å²) in [6, 6.07) is 9.84. The van der Waals surface area contributed by atoms with E-state index in [0.717, 1.165) is 32.3 Å². The molecule has 1 aromatic heterocycles. The molecule has 180 valence electrons. The molecule has 4 N–H and O–H groups in total. The van der Waals surface area contributed by atoms with E-state index in [0.29, 0.717) is 24.3 Å². The first kappa shape index (κ1) is 24.8. The number of carbonyl (C=O) groups excluding carboxylic acids is 2. The maximum atomic E-state index is 14.1. The number of hydrogen-bond acceptors (Lipinski definition) is 7. The van der Waals surface area contributed by atoms with E-state index in [4.69, 9.17) is 15.3 Å². The van der Waals surface area contributed by atoms with Crippen molar-refractivity contribution in [3.05, 3.63) is 65.4 Å². The number of hydrogen-bond donors (Lipinski definition) is 3. The number of nitrogens with two attached hydrogens (primary N) is 1. The molecule has 4 rings (SSSR count). The van der Waals surface area contributed by atoms with E-state index < -0.39 is 29.0 Å². The Morgan fingerprint density at radius 2 is 1.62 bits per heavy atom. The fraction of sp³-hybridized carbons (Fsp3) is 0.261. The number of carbonyl (C=O) groups is 2. The largest absolute Gasteiger partial charge is 0.419 e. The Bertz CT molecular complexity index is 1140. The van der Waals surface area contributed by atoms with Crippen LogP contribution in [-0.4, -0.2) is 72.0 Å². The fourth-order valence-corrected chi connectivity index (χ4v) is 3.40. The molecule has 11 heteroatoms. The molecule has 9 nitrogen and oxygen atoms in total. The van der Waals surface area contributed by atoms with Crippen LogP contribution in [0, 0.1) is 11.6 Å². The molecule has 1 saturated heterocycles. The number of primary amides is 1. The Labute approximate surface area is 194 Å². The monoisotopic (exact) mass is 473 g/mol. The van der Waals surface area contributed by atoms with Gasteiger partial charge < -0.3 is 30.4 Å². The summed E-state index contributed by atoms with van der Waals surface area (Å²) < 4.78 is 33.6. The third-order valence-corrected chi connectivity index (χ3v) is 5.22. The van der Waals surface area contributed by atoms with Crippen molar-refractivity contribution < 1.29 is 27.9 Å². The summed E-state index contributed by atoms with van der Waals surface area (Å²) in [6.45, 7) is 2.95. The minimum absolute atomic E-state index is 0.0699. The quantitative estimate of drug-likeness (QED) is 0.520. The topological polar surface area (TPSA) is 125 Å². The van der Waals surface area contributed by atoms with Crippen molar-refractivity contribution in [1.82, 2.24) is 14.8 Å². The Kier molecular flexibility index (Phi) is 7.92. The summed E-state index contributed by atoms with van der Waals surface area (Å²) in [5.74, 6) is -3.35. The Hall–Kier alpha value is -3.83. The number of nitrogens with zero attached hydrogens (tertiary/aromatic N) is 3. The van der Waals surface area contributed by atoms with Gasteiger partial charge in [-0.05, 0) is 43.4 Å². The van der Waals surface area contributed by atoms with Crippen LogP contribution in [0.4, 0.5) is 20.4 Å². The second-order valence-electron chi connectivity index (χ2n) is 7.46. The lowest BCUT2D eigenvalue weighted by Crippen LogP contribution is -2.47. The maximum absolute atomic E-state index is 14.1. The highest BCUT2D eigenvalue weighted by Gasteiger charge is 2.24. The summed E-state index contributed by atoms with van der Waals surface area (Å²) in [5, 5.41) is 9.83. The number of rotatable bonds is 5. The Morgan fingerprint density at radius 3 is 2.18 bits per heavy atom. The van der Waals surface area contributed by atoms with Crippen molar-refractivity contribution in [2.45, 2.75) is 0 Å². The number of oxazole rings is 1. The molecule has 1 aliphatic rings. The molecule has 34 heavy (non-hydrogen) atoms. The number of benzene rings is 2. The van der Waals surface area contributed by atoms with E-state index in [1.807, 2.05) is 7.05 Å². The van der Waals surface area contributed by atoms with Gasteiger partial charge in [0.05, 0.1) is 0 Å². The number of aliphatic hydroxyl groups excluding tert-OH is 1. The van der Waals surface area contributed by atoms with Gasteiger partial charge in [-0.1, -0.05) is 6.07 Å². The first-order chi connectivity index (χ1) is 16.3. The summed E-state index contributed by atoms with van der Waals surface area (Å²) in [4.78, 5) is 32.3. The van der Waals surface area contributed by atoms with E-state index in [9.17, 15) is 18.4 Å². The van der Waals surface area contributed by atoms with Gasteiger partial charge in [0.1, 0.15) is 17.2 Å². The molecule has 0 bridgehead atoms. The van der Waals surface area contributed by atoms with Gasteiger partial charge in [0.15, 0.2) is 5.69 Å². The van der Waals surface area contributed by atoms with Gasteiger partial charge in [-0.25, -0.2) is 13.8 Å². The molecular weight excluding hydrogens is 448 g/mol. The highest BCUT2D eigenvalue weighted by atomic mass is 19.1. The van der Waals surface area contributed by atoms with Crippen LogP contribution in [0.5, 0.6) is 0 Å². The number of aliphatic hydroxyl groups is 1. The van der Waals surface area contributed by atoms with Gasteiger partial charge in [0.2, 0.25) is 11.8 Å². The Balaban J connectivity index is 0.00000158. The maximum Gasteiger partial charge on any atom is 0.273 e. The molecule has 0 unspecified atom stereocenters. The number of likely N-dealkylation sites (N-methyl/N-ethyl adjacent to an activating group) is 1. The molecule has 2 amide bonds. The van der Waals surface area contributed by atoms with Crippen LogP contribution < -0.4 is 11.1 Å². The summed E-state index contributed by atoms with van der Waals surface area (Å²) in [6.07, 6.45) is 0. The highest BCUT2D eigenvalue weighted by Crippen LogP contribution is 2.31. The molecule has 2 aromatic carbocycles. The number of piperazine rings is 1. The third kappa shape index (κ3) is 5.38. The van der Waals surface area contributed by atoms with Gasteiger partial charge >= 0.3 is 0 Å². The summed E-state index contributed by atoms with van der Waals surface area (Å²) >= 11 is 0. The second-order valence-corrected chi connectivity index (χ2v) is 7.46. The van der Waals surface area contributed by atoms with Crippen LogP contribution in [0.15, 0.2) is 46.9 Å². The van der Waals surface area contributed by atoms with Gasteiger partial charge in [0, 0.05) is 44.5 Å². The van der Waals surface area contributed by atoms with Crippen molar-refractivity contribution in [2.75, 3.05) is 45.7 Å². The van der Waals surface area contributed by atoms with Gasteiger partial charge in [-0.15, -0.1) is 0 Å². The molecule has 0 atom stereocenters. The lowest BCUT2D eigenvalue weighted by atomic mass is 10.1. The van der Waals surface area contributed by atoms with Crippen molar-refractivity contribution in [3.63, 3.8) is 0 Å². The molecule has 2 heterocycles. The van der Waals surface area contributed by atoms with Crippen LogP contribution >= 0.6 is 0 Å². The van der Waals surface area contributed by atoms with Crippen LogP contribution in [0.25, 0.3) is 11.5 Å². The van der Waals surface area contributed by atoms with Crippen LogP contribution in [0.2, 0.25) is 0 Å². The van der Waals surface area contributed by atoms with Crippen molar-refractivity contribution in [2.24, 2.45) is 5.73 Å². The normalized spacial score (nSPS) is 13.7. The first-order valence-corrected chi connectivity index (χ1v) is 10.4. The second kappa shape index (κ2) is 10.9. The van der Waals surface area contributed by atoms with Crippen LogP contribution in [0.1, 0.15) is 20.8 Å². The minimum Gasteiger partial charge on any atom is -0.419 e. The average Bonchev–Trinajstić information content (AvgIpc) is 3.24. The molecule has 0 aliphatic carbocycles. The predicted molar refractivity (Wildman–Crippen MR) is 122 cm³/mol. The van der Waals surface area contributed by atoms with Gasteiger partial charge in [0.25, 0.3) is 11.8 Å². The van der Waals surface area contributed by atoms with E-state index >= 15 is 0 Å². The Morgan fingerprint density at radius 1 is 1.03 bits per heavy atom. The molecule has 1 aliphatic heterocycles. The zero-order chi connectivity index (χ0) is 24.8. The number of aromatic nitrogens is 1. The number of halogens is 2. The lowest BCUT2D eigenvalue weighted by molar-refractivity contribution is 0.0664. The lowest BCUT2D eigenvalue weighted by Gasteiger charge is -2.32. The molecule has 3 aromatic rings. The number of anilines is 2. The SMILES string of the molecule is CN1CCN(C(=O)c2ccc(Nc3oc(-c4c(F)cccc4F)nc3C(N)=O)cc2)CC1.CO. The van der Waals surface area contributed by atoms with E-state index in [-0.39, 0.29) is 17.5 Å². The van der Waals surface area contributed by atoms with E-state index in [2.05, 4.69) is 15.2 Å². The molecule has 1 fully saturated rings. The van der Waals surface area contributed by atoms with Crippen molar-refractivity contribution in [1.29, 1.82) is 0 Å². The zero-order valence-electron chi connectivity index (χ0n) is 18.7. The molecule has 0 radical (unpaired) electrons. The third-order valence-electron chi connectivity index (χ3n) is 5.22. The summed E-state index contributed by atoms with van der Waals surface area (Å²) in [5.41, 5.74) is 5.53. The van der Waals surface area contributed by atoms with Crippen LogP contribution in [-0.2, 0) is 0 Å². The van der Waals surface area contributed by atoms with Crippen molar-refractivity contribution in [3.8, 4) is 11.5 Å². The standard InChI is InChI=1S/C22H21F2N5O3.CH4O/c1-28-9-11-29(12-10-28)22(31)13-5-7-14(8-6-13)26-21-18(19(25)30)27-20(32-21)17-15(23)3-2-4-16(17)24;1-2/h2-8,26H,9-12H2,1H3,(H2,25,30);2H,1H3. The molecular formula is C23H25F2N5O4. The predicted octanol–water partition coefficient (Wildman–Crippen LogP) is 2.46. The van der Waals surface area contributed by atoms with Gasteiger partial charge in [-0.2, -0.15) is 0 Å². The average molecular weight is 473 g/mol. The smallest absolute Gasteiger partial charge is 0.273 e. The zero-order valence-corrected chi connectivity index (χ0v) is 18.7. The molecule has 0 spiro atoms. The highest BCUT2D eigenvalue weighted by molar-refractivity contribution is 5.97. The minimum atomic E-state index is -0.930. The van der Waals surface area contributed by atoms with Crippen LogP contribution in [0.3, 0.4) is 0 Å². The first-order valence-electron chi connectivity index (χ1n) is 10.4. The van der Waals surface area contributed by atoms with E-state index in [1.54, 1.807) is 29.2 Å². The fourth-order valence-electron chi connectivity index (χ4n) is 3.40. The van der Waals surface area contributed by atoms with Crippen molar-refractivity contribution >= 4 is 23.4 Å². The molecule has 0 saturated carbocycles. The summed E-state index contributed by atoms with van der Waals surface area (Å²) in [7, 11) is 3.01. The number of nitrogens with one attached hydrogen (secondary N) is 1.